The molecule has 1 rings (SSSR count). The summed E-state index contributed by atoms with van der Waals surface area (Å²) in [6, 6.07) is 3.49. The first-order valence-corrected chi connectivity index (χ1v) is 7.52. The van der Waals surface area contributed by atoms with Crippen LogP contribution in [0.25, 0.3) is 0 Å². The summed E-state index contributed by atoms with van der Waals surface area (Å²) in [5.74, 6) is -0.723. The second kappa shape index (κ2) is 7.89. The van der Waals surface area contributed by atoms with E-state index in [9.17, 15) is 14.0 Å². The highest BCUT2D eigenvalue weighted by atomic mass is 32.2. The molecule has 0 aliphatic rings. The van der Waals surface area contributed by atoms with Crippen molar-refractivity contribution in [2.75, 3.05) is 19.1 Å². The predicted octanol–water partition coefficient (Wildman–Crippen LogP) is 2.16. The lowest BCUT2D eigenvalue weighted by molar-refractivity contribution is -0.142. The highest BCUT2D eigenvalue weighted by Gasteiger charge is 2.21. The van der Waals surface area contributed by atoms with E-state index in [2.05, 4.69) is 10.1 Å². The van der Waals surface area contributed by atoms with E-state index in [1.807, 2.05) is 6.26 Å². The molecule has 0 aliphatic carbocycles. The number of nitrogens with one attached hydrogen (secondary N) is 1. The number of ether oxygens (including phenoxy) is 1. The molecular weight excluding hydrogens is 281 g/mol. The number of esters is 1. The molecule has 0 spiro atoms. The first-order chi connectivity index (χ1) is 9.49. The Labute approximate surface area is 122 Å². The third-order valence-electron chi connectivity index (χ3n) is 2.84. The van der Waals surface area contributed by atoms with Gasteiger partial charge in [0.2, 0.25) is 0 Å². The van der Waals surface area contributed by atoms with E-state index in [1.165, 1.54) is 19.2 Å². The third-order valence-corrected chi connectivity index (χ3v) is 3.48. The van der Waals surface area contributed by atoms with Crippen molar-refractivity contribution in [1.82, 2.24) is 5.32 Å². The molecule has 1 atom stereocenters. The van der Waals surface area contributed by atoms with Gasteiger partial charge in [0.25, 0.3) is 5.91 Å². The zero-order valence-corrected chi connectivity index (χ0v) is 12.6. The second-order valence-electron chi connectivity index (χ2n) is 4.29. The zero-order valence-electron chi connectivity index (χ0n) is 11.7. The van der Waals surface area contributed by atoms with Crippen LogP contribution in [0, 0.1) is 12.7 Å². The van der Waals surface area contributed by atoms with Crippen molar-refractivity contribution in [3.8, 4) is 0 Å². The number of halogens is 1. The molecule has 110 valence electrons. The van der Waals surface area contributed by atoms with Crippen LogP contribution in [0.4, 0.5) is 4.39 Å². The number of amides is 1. The molecule has 1 aromatic carbocycles. The molecule has 0 fully saturated rings. The highest BCUT2D eigenvalue weighted by Crippen LogP contribution is 2.10. The third kappa shape index (κ3) is 4.52. The van der Waals surface area contributed by atoms with Gasteiger partial charge in [0.05, 0.1) is 7.11 Å². The number of hydrogen-bond donors (Lipinski definition) is 1. The maximum atomic E-state index is 13.4. The Balaban J connectivity index is 2.78. The van der Waals surface area contributed by atoms with Crippen LogP contribution >= 0.6 is 11.8 Å². The lowest BCUT2D eigenvalue weighted by Crippen LogP contribution is -2.42. The lowest BCUT2D eigenvalue weighted by atomic mass is 10.1. The van der Waals surface area contributed by atoms with Crippen molar-refractivity contribution < 1.29 is 18.7 Å². The molecule has 0 saturated heterocycles. The zero-order chi connectivity index (χ0) is 15.1. The van der Waals surface area contributed by atoms with E-state index in [-0.39, 0.29) is 5.56 Å². The van der Waals surface area contributed by atoms with Crippen molar-refractivity contribution in [2.24, 2.45) is 0 Å². The number of hydrogen-bond acceptors (Lipinski definition) is 4. The summed E-state index contributed by atoms with van der Waals surface area (Å²) in [6.07, 6.45) is 2.37. The lowest BCUT2D eigenvalue weighted by Gasteiger charge is -2.16. The van der Waals surface area contributed by atoms with E-state index < -0.39 is 23.7 Å². The maximum Gasteiger partial charge on any atom is 0.328 e. The first-order valence-electron chi connectivity index (χ1n) is 6.13. The fourth-order valence-electron chi connectivity index (χ4n) is 1.60. The minimum absolute atomic E-state index is 0.186. The number of thioether (sulfide) groups is 1. The Hall–Kier alpha value is -1.56. The Morgan fingerprint density at radius 1 is 1.45 bits per heavy atom. The number of carbonyl (C=O) groups excluding carboxylic acids is 2. The maximum absolute atomic E-state index is 13.4. The Kier molecular flexibility index (Phi) is 6.51. The van der Waals surface area contributed by atoms with E-state index in [1.54, 1.807) is 18.7 Å². The van der Waals surface area contributed by atoms with Gasteiger partial charge in [-0.25, -0.2) is 9.18 Å². The van der Waals surface area contributed by atoms with E-state index in [0.29, 0.717) is 17.7 Å². The van der Waals surface area contributed by atoms with Gasteiger partial charge in [0, 0.05) is 5.56 Å². The summed E-state index contributed by atoms with van der Waals surface area (Å²) in [5.41, 5.74) is 0.652. The van der Waals surface area contributed by atoms with Gasteiger partial charge in [-0.3, -0.25) is 4.79 Å². The topological polar surface area (TPSA) is 55.4 Å². The first kappa shape index (κ1) is 16.5. The van der Waals surface area contributed by atoms with Crippen LogP contribution in [0.15, 0.2) is 18.2 Å². The highest BCUT2D eigenvalue weighted by molar-refractivity contribution is 7.98. The summed E-state index contributed by atoms with van der Waals surface area (Å²) in [4.78, 5) is 23.6. The van der Waals surface area contributed by atoms with Gasteiger partial charge in [0.15, 0.2) is 0 Å². The van der Waals surface area contributed by atoms with Crippen molar-refractivity contribution in [1.29, 1.82) is 0 Å². The molecule has 4 nitrogen and oxygen atoms in total. The Morgan fingerprint density at radius 2 is 2.15 bits per heavy atom. The van der Waals surface area contributed by atoms with Crippen LogP contribution in [0.1, 0.15) is 22.3 Å². The van der Waals surface area contributed by atoms with Crippen LogP contribution in [0.3, 0.4) is 0 Å². The SMILES string of the molecule is COC(=O)[C@H](CCSC)NC(=O)c1ccc(C)c(F)c1. The van der Waals surface area contributed by atoms with Crippen LogP contribution in [-0.2, 0) is 9.53 Å². The minimum atomic E-state index is -0.718. The summed E-state index contributed by atoms with van der Waals surface area (Å²) < 4.78 is 18.1. The number of carbonyl (C=O) groups is 2. The molecular formula is C14H18FNO3S. The van der Waals surface area contributed by atoms with Gasteiger partial charge in [-0.1, -0.05) is 6.07 Å². The molecule has 0 aliphatic heterocycles. The van der Waals surface area contributed by atoms with Crippen molar-refractivity contribution in [3.05, 3.63) is 35.1 Å². The second-order valence-corrected chi connectivity index (χ2v) is 5.28. The number of benzene rings is 1. The smallest absolute Gasteiger partial charge is 0.328 e. The summed E-state index contributed by atoms with van der Waals surface area (Å²) in [7, 11) is 1.27. The number of aryl methyl sites for hydroxylation is 1. The molecule has 6 heteroatoms. The molecule has 0 saturated carbocycles. The van der Waals surface area contributed by atoms with Gasteiger partial charge in [-0.15, -0.1) is 0 Å². The fourth-order valence-corrected chi connectivity index (χ4v) is 2.07. The van der Waals surface area contributed by atoms with Crippen LogP contribution in [0.5, 0.6) is 0 Å². The summed E-state index contributed by atoms with van der Waals surface area (Å²) in [6.45, 7) is 1.62. The van der Waals surface area contributed by atoms with Gasteiger partial charge in [-0.2, -0.15) is 11.8 Å². The van der Waals surface area contributed by atoms with Crippen LogP contribution in [0.2, 0.25) is 0 Å². The molecule has 20 heavy (non-hydrogen) atoms. The standard InChI is InChI=1S/C14H18FNO3S/c1-9-4-5-10(8-11(9)15)13(17)16-12(6-7-20-3)14(18)19-2/h4-5,8,12H,6-7H2,1-3H3,(H,16,17)/t12-/m0/s1. The molecule has 0 bridgehead atoms. The Bertz CT molecular complexity index is 493. The van der Waals surface area contributed by atoms with Gasteiger partial charge in [0.1, 0.15) is 11.9 Å². The van der Waals surface area contributed by atoms with E-state index in [4.69, 9.17) is 0 Å². The molecule has 0 heterocycles. The van der Waals surface area contributed by atoms with Gasteiger partial charge in [-0.05, 0) is 43.0 Å². The van der Waals surface area contributed by atoms with E-state index in [0.717, 1.165) is 6.07 Å². The van der Waals surface area contributed by atoms with Crippen LogP contribution in [-0.4, -0.2) is 37.0 Å². The average molecular weight is 299 g/mol. The molecule has 1 amide bonds. The quantitative estimate of drug-likeness (QED) is 0.818. The average Bonchev–Trinajstić information content (AvgIpc) is 2.45. The van der Waals surface area contributed by atoms with Gasteiger partial charge >= 0.3 is 5.97 Å². The van der Waals surface area contributed by atoms with Crippen molar-refractivity contribution >= 4 is 23.6 Å². The largest absolute Gasteiger partial charge is 0.467 e. The minimum Gasteiger partial charge on any atom is -0.467 e. The van der Waals surface area contributed by atoms with Crippen molar-refractivity contribution in [3.63, 3.8) is 0 Å². The predicted molar refractivity (Wildman–Crippen MR) is 77.4 cm³/mol. The summed E-state index contributed by atoms with van der Waals surface area (Å²) >= 11 is 1.57. The molecule has 0 aromatic heterocycles. The van der Waals surface area contributed by atoms with Crippen molar-refractivity contribution in [2.45, 2.75) is 19.4 Å². The fraction of sp³-hybridized carbons (Fsp3) is 0.429. The molecule has 1 aromatic rings. The number of methoxy groups -OCH3 is 1. The normalized spacial score (nSPS) is 11.8. The molecule has 1 N–H and O–H groups in total. The summed E-state index contributed by atoms with van der Waals surface area (Å²) in [5, 5.41) is 2.57. The number of rotatable bonds is 6. The molecule has 0 radical (unpaired) electrons. The monoisotopic (exact) mass is 299 g/mol. The van der Waals surface area contributed by atoms with E-state index >= 15 is 0 Å². The molecule has 0 unspecified atom stereocenters. The Morgan fingerprint density at radius 3 is 2.70 bits per heavy atom. The van der Waals surface area contributed by atoms with Gasteiger partial charge < -0.3 is 10.1 Å². The van der Waals surface area contributed by atoms with Crippen LogP contribution < -0.4 is 5.32 Å².